The lowest BCUT2D eigenvalue weighted by Gasteiger charge is -2.33. The van der Waals surface area contributed by atoms with Crippen LogP contribution in [0, 0.1) is 0 Å². The van der Waals surface area contributed by atoms with Gasteiger partial charge in [-0.2, -0.15) is 0 Å². The number of rotatable bonds is 4. The Morgan fingerprint density at radius 3 is 2.83 bits per heavy atom. The fourth-order valence-corrected chi connectivity index (χ4v) is 3.51. The van der Waals surface area contributed by atoms with Crippen LogP contribution in [-0.4, -0.2) is 47.6 Å². The van der Waals surface area contributed by atoms with Gasteiger partial charge < -0.3 is 19.4 Å². The molecule has 0 radical (unpaired) electrons. The molecule has 6 nitrogen and oxygen atoms in total. The summed E-state index contributed by atoms with van der Waals surface area (Å²) in [5.41, 5.74) is 1.72. The molecule has 0 spiro atoms. The average molecular weight is 329 g/mol. The second-order valence-corrected chi connectivity index (χ2v) is 6.56. The van der Waals surface area contributed by atoms with E-state index in [1.807, 2.05) is 29.2 Å². The number of oxazole rings is 1. The number of carbonyl (C=O) groups excluding carboxylic acids is 1. The second kappa shape index (κ2) is 6.91. The van der Waals surface area contributed by atoms with E-state index in [0.29, 0.717) is 18.5 Å². The van der Waals surface area contributed by atoms with Crippen LogP contribution in [0.25, 0.3) is 11.1 Å². The fourth-order valence-electron chi connectivity index (χ4n) is 3.51. The van der Waals surface area contributed by atoms with Crippen LogP contribution in [0.5, 0.6) is 0 Å². The maximum Gasteiger partial charge on any atom is 0.251 e. The van der Waals surface area contributed by atoms with Crippen molar-refractivity contribution in [1.29, 1.82) is 0 Å². The van der Waals surface area contributed by atoms with Crippen LogP contribution in [0.2, 0.25) is 0 Å². The maximum atomic E-state index is 12.3. The molecule has 2 saturated heterocycles. The van der Waals surface area contributed by atoms with Crippen LogP contribution in [0.15, 0.2) is 28.7 Å². The van der Waals surface area contributed by atoms with Gasteiger partial charge in [0.15, 0.2) is 5.58 Å². The minimum Gasteiger partial charge on any atom is -0.439 e. The van der Waals surface area contributed by atoms with Crippen LogP contribution in [-0.2, 0) is 16.1 Å². The maximum absolute atomic E-state index is 12.3. The van der Waals surface area contributed by atoms with Crippen LogP contribution in [0.1, 0.15) is 31.6 Å². The molecule has 0 aliphatic carbocycles. The number of carbonyl (C=O) groups is 1. The van der Waals surface area contributed by atoms with E-state index in [1.165, 1.54) is 0 Å². The van der Waals surface area contributed by atoms with Crippen LogP contribution >= 0.6 is 0 Å². The molecule has 0 bridgehead atoms. The van der Waals surface area contributed by atoms with Crippen molar-refractivity contribution in [1.82, 2.24) is 15.2 Å². The Bertz CT molecular complexity index is 667. The first-order chi connectivity index (χ1) is 11.8. The lowest BCUT2D eigenvalue weighted by molar-refractivity contribution is -0.142. The Labute approximate surface area is 141 Å². The smallest absolute Gasteiger partial charge is 0.251 e. The molecule has 1 aromatic carbocycles. The van der Waals surface area contributed by atoms with Crippen molar-refractivity contribution in [2.45, 2.75) is 44.4 Å². The number of hydrogen-bond donors (Lipinski definition) is 1. The fraction of sp³-hybridized carbons (Fsp3) is 0.556. The Balaban J connectivity index is 1.26. The largest absolute Gasteiger partial charge is 0.439 e. The van der Waals surface area contributed by atoms with Gasteiger partial charge in [-0.15, -0.1) is 0 Å². The molecule has 2 aliphatic rings. The SMILES string of the molecule is O=C(C1CCCO1)N1CCC(NCc2nc3ccccc3o2)CC1. The molecule has 0 saturated carbocycles. The van der Waals surface area contributed by atoms with Crippen molar-refractivity contribution in [2.24, 2.45) is 0 Å². The van der Waals surface area contributed by atoms with Gasteiger partial charge in [0.05, 0.1) is 6.54 Å². The third-order valence-electron chi connectivity index (χ3n) is 4.89. The zero-order chi connectivity index (χ0) is 16.4. The van der Waals surface area contributed by atoms with Crippen LogP contribution < -0.4 is 5.32 Å². The van der Waals surface area contributed by atoms with Gasteiger partial charge in [-0.3, -0.25) is 4.79 Å². The minimum atomic E-state index is -0.200. The van der Waals surface area contributed by atoms with Gasteiger partial charge >= 0.3 is 0 Å². The molecular formula is C18H23N3O3. The van der Waals surface area contributed by atoms with E-state index >= 15 is 0 Å². The van der Waals surface area contributed by atoms with Crippen molar-refractivity contribution in [3.8, 4) is 0 Å². The molecule has 1 aromatic heterocycles. The van der Waals surface area contributed by atoms with Crippen molar-refractivity contribution in [2.75, 3.05) is 19.7 Å². The molecule has 2 fully saturated rings. The van der Waals surface area contributed by atoms with E-state index < -0.39 is 0 Å². The lowest BCUT2D eigenvalue weighted by Crippen LogP contribution is -2.47. The standard InChI is InChI=1S/C18H23N3O3/c22-18(16-6-3-11-23-16)21-9-7-13(8-10-21)19-12-17-20-14-4-1-2-5-15(14)24-17/h1-2,4-5,13,16,19H,3,6-12H2. The Morgan fingerprint density at radius 1 is 1.25 bits per heavy atom. The molecule has 6 heteroatoms. The number of likely N-dealkylation sites (tertiary alicyclic amines) is 1. The first kappa shape index (κ1) is 15.6. The van der Waals surface area contributed by atoms with Gasteiger partial charge in [-0.1, -0.05) is 12.1 Å². The van der Waals surface area contributed by atoms with E-state index in [-0.39, 0.29) is 12.0 Å². The first-order valence-corrected chi connectivity index (χ1v) is 8.78. The lowest BCUT2D eigenvalue weighted by atomic mass is 10.0. The van der Waals surface area contributed by atoms with E-state index in [4.69, 9.17) is 9.15 Å². The number of para-hydroxylation sites is 2. The van der Waals surface area contributed by atoms with Crippen LogP contribution in [0.4, 0.5) is 0 Å². The molecule has 2 aliphatic heterocycles. The van der Waals surface area contributed by atoms with Gasteiger partial charge in [-0.05, 0) is 37.8 Å². The molecule has 128 valence electrons. The van der Waals surface area contributed by atoms with Gasteiger partial charge in [0.25, 0.3) is 5.91 Å². The minimum absolute atomic E-state index is 0.171. The highest BCUT2D eigenvalue weighted by Crippen LogP contribution is 2.19. The van der Waals surface area contributed by atoms with E-state index in [2.05, 4.69) is 10.3 Å². The first-order valence-electron chi connectivity index (χ1n) is 8.78. The summed E-state index contributed by atoms with van der Waals surface area (Å²) in [4.78, 5) is 18.8. The molecule has 1 unspecified atom stereocenters. The molecule has 1 atom stereocenters. The third-order valence-corrected chi connectivity index (χ3v) is 4.89. The number of aromatic nitrogens is 1. The predicted octanol–water partition coefficient (Wildman–Crippen LogP) is 2.09. The summed E-state index contributed by atoms with van der Waals surface area (Å²) in [6.07, 6.45) is 3.58. The zero-order valence-electron chi connectivity index (χ0n) is 13.7. The summed E-state index contributed by atoms with van der Waals surface area (Å²) in [5, 5.41) is 3.50. The van der Waals surface area contributed by atoms with Crippen molar-refractivity contribution >= 4 is 17.0 Å². The van der Waals surface area contributed by atoms with Crippen molar-refractivity contribution in [3.63, 3.8) is 0 Å². The summed E-state index contributed by atoms with van der Waals surface area (Å²) in [6, 6.07) is 8.20. The van der Waals surface area contributed by atoms with E-state index in [9.17, 15) is 4.79 Å². The summed E-state index contributed by atoms with van der Waals surface area (Å²) in [6.45, 7) is 2.94. The third kappa shape index (κ3) is 3.30. The Kier molecular flexibility index (Phi) is 4.49. The molecule has 1 amide bonds. The predicted molar refractivity (Wildman–Crippen MR) is 89.4 cm³/mol. The highest BCUT2D eigenvalue weighted by atomic mass is 16.5. The topological polar surface area (TPSA) is 67.6 Å². The number of nitrogens with zero attached hydrogens (tertiary/aromatic N) is 2. The number of amides is 1. The Morgan fingerprint density at radius 2 is 2.08 bits per heavy atom. The number of piperidine rings is 1. The number of ether oxygens (including phenoxy) is 1. The van der Waals surface area contributed by atoms with E-state index in [1.54, 1.807) is 0 Å². The van der Waals surface area contributed by atoms with Crippen LogP contribution in [0.3, 0.4) is 0 Å². The molecule has 24 heavy (non-hydrogen) atoms. The highest BCUT2D eigenvalue weighted by Gasteiger charge is 2.30. The normalized spacial score (nSPS) is 22.3. The van der Waals surface area contributed by atoms with Crippen molar-refractivity contribution < 1.29 is 13.9 Å². The average Bonchev–Trinajstić information content (AvgIpc) is 3.29. The zero-order valence-corrected chi connectivity index (χ0v) is 13.7. The number of hydrogen-bond acceptors (Lipinski definition) is 5. The molecular weight excluding hydrogens is 306 g/mol. The molecule has 2 aromatic rings. The molecule has 1 N–H and O–H groups in total. The monoisotopic (exact) mass is 329 g/mol. The molecule has 4 rings (SSSR count). The number of fused-ring (bicyclic) bond motifs is 1. The summed E-state index contributed by atoms with van der Waals surface area (Å²) in [7, 11) is 0. The summed E-state index contributed by atoms with van der Waals surface area (Å²) in [5.74, 6) is 0.888. The second-order valence-electron chi connectivity index (χ2n) is 6.56. The Hall–Kier alpha value is -1.92. The van der Waals surface area contributed by atoms with Gasteiger partial charge in [-0.25, -0.2) is 4.98 Å². The summed E-state index contributed by atoms with van der Waals surface area (Å²) >= 11 is 0. The highest BCUT2D eigenvalue weighted by molar-refractivity contribution is 5.81. The number of benzene rings is 1. The van der Waals surface area contributed by atoms with Gasteiger partial charge in [0.2, 0.25) is 5.89 Å². The van der Waals surface area contributed by atoms with E-state index in [0.717, 1.165) is 56.5 Å². The molecule has 3 heterocycles. The quantitative estimate of drug-likeness (QED) is 0.930. The van der Waals surface area contributed by atoms with Gasteiger partial charge in [0.1, 0.15) is 11.6 Å². The van der Waals surface area contributed by atoms with Crippen molar-refractivity contribution in [3.05, 3.63) is 30.2 Å². The number of nitrogens with one attached hydrogen (secondary N) is 1. The summed E-state index contributed by atoms with van der Waals surface area (Å²) < 4.78 is 11.2. The van der Waals surface area contributed by atoms with Gasteiger partial charge in [0, 0.05) is 25.7 Å².